The summed E-state index contributed by atoms with van der Waals surface area (Å²) >= 11 is 0. The normalized spacial score (nSPS) is 11.5. The molecular weight excluding hydrogens is 198 g/mol. The zero-order valence-electron chi connectivity index (χ0n) is 8.14. The van der Waals surface area contributed by atoms with Gasteiger partial charge in [0.2, 0.25) is 0 Å². The van der Waals surface area contributed by atoms with Crippen molar-refractivity contribution in [2.24, 2.45) is 0 Å². The number of carboxylic acid groups (broad SMARTS) is 1. The first kappa shape index (κ1) is 11.0. The van der Waals surface area contributed by atoms with Crippen molar-refractivity contribution in [3.63, 3.8) is 0 Å². The number of aldehydes is 1. The molecule has 1 rings (SSSR count). The largest absolute Gasteiger partial charge is 0.497 e. The Morgan fingerprint density at radius 3 is 2.47 bits per heavy atom. The molecule has 0 saturated carbocycles. The molecule has 1 unspecified atom stereocenters. The van der Waals surface area contributed by atoms with Crippen molar-refractivity contribution in [1.82, 2.24) is 0 Å². The number of rotatable bonds is 5. The zero-order chi connectivity index (χ0) is 11.3. The Balaban J connectivity index is 2.71. The fraction of sp³-hybridized carbons (Fsp3) is 0.200. The van der Waals surface area contributed by atoms with Crippen molar-refractivity contribution in [1.29, 1.82) is 0 Å². The van der Waals surface area contributed by atoms with Gasteiger partial charge in [-0.05, 0) is 24.3 Å². The summed E-state index contributed by atoms with van der Waals surface area (Å²) in [5.41, 5.74) is 0.551. The Morgan fingerprint density at radius 1 is 1.47 bits per heavy atom. The van der Waals surface area contributed by atoms with E-state index in [0.29, 0.717) is 17.7 Å². The predicted molar refractivity (Wildman–Crippen MR) is 54.1 cm³/mol. The van der Waals surface area contributed by atoms with Crippen molar-refractivity contribution in [2.75, 3.05) is 12.4 Å². The Hall–Kier alpha value is -2.04. The maximum absolute atomic E-state index is 10.5. The predicted octanol–water partition coefficient (Wildman–Crippen LogP) is 0.759. The van der Waals surface area contributed by atoms with Gasteiger partial charge < -0.3 is 20.0 Å². The van der Waals surface area contributed by atoms with Gasteiger partial charge in [0.25, 0.3) is 0 Å². The van der Waals surface area contributed by atoms with E-state index >= 15 is 0 Å². The lowest BCUT2D eigenvalue weighted by atomic mass is 10.2. The number of hydrogen-bond donors (Lipinski definition) is 2. The lowest BCUT2D eigenvalue weighted by Crippen LogP contribution is -2.30. The molecule has 0 aromatic heterocycles. The number of hydrogen-bond acceptors (Lipinski definition) is 4. The van der Waals surface area contributed by atoms with Crippen LogP contribution in [-0.4, -0.2) is 30.5 Å². The molecule has 0 saturated heterocycles. The van der Waals surface area contributed by atoms with Gasteiger partial charge in [-0.25, -0.2) is 4.79 Å². The Kier molecular flexibility index (Phi) is 3.68. The van der Waals surface area contributed by atoms with Gasteiger partial charge in [-0.3, -0.25) is 0 Å². The number of benzene rings is 1. The van der Waals surface area contributed by atoms with E-state index in [4.69, 9.17) is 9.84 Å². The minimum atomic E-state index is -1.22. The molecule has 0 heterocycles. The minimum Gasteiger partial charge on any atom is -0.497 e. The fourth-order valence-electron chi connectivity index (χ4n) is 1.02. The van der Waals surface area contributed by atoms with E-state index in [2.05, 4.69) is 5.32 Å². The quantitative estimate of drug-likeness (QED) is 0.553. The van der Waals surface area contributed by atoms with Crippen molar-refractivity contribution in [3.05, 3.63) is 24.3 Å². The van der Waals surface area contributed by atoms with Crippen LogP contribution >= 0.6 is 0 Å². The summed E-state index contributed by atoms with van der Waals surface area (Å²) in [5, 5.41) is 11.2. The smallest absolute Gasteiger partial charge is 0.333 e. The average molecular weight is 209 g/mol. The summed E-state index contributed by atoms with van der Waals surface area (Å²) in [6, 6.07) is 5.40. The number of ether oxygens (including phenoxy) is 1. The van der Waals surface area contributed by atoms with Gasteiger partial charge in [-0.15, -0.1) is 0 Å². The molecule has 0 radical (unpaired) electrons. The molecule has 0 aliphatic rings. The molecular formula is C10H11NO4. The molecule has 80 valence electrons. The highest BCUT2D eigenvalue weighted by Crippen LogP contribution is 2.15. The van der Waals surface area contributed by atoms with Gasteiger partial charge in [0.1, 0.15) is 5.75 Å². The van der Waals surface area contributed by atoms with Crippen LogP contribution in [0.4, 0.5) is 5.69 Å². The highest BCUT2D eigenvalue weighted by atomic mass is 16.5. The third kappa shape index (κ3) is 2.98. The standard InChI is InChI=1S/C10H11NO4/c1-15-8-4-2-7(3-5-8)11-9(6-12)10(13)14/h2-6,9,11H,1H3,(H,13,14). The molecule has 1 aromatic carbocycles. The summed E-state index contributed by atoms with van der Waals surface area (Å²) in [4.78, 5) is 20.9. The Bertz CT molecular complexity index is 347. The number of anilines is 1. The molecule has 0 fully saturated rings. The van der Waals surface area contributed by atoms with Crippen LogP contribution in [0.15, 0.2) is 24.3 Å². The van der Waals surface area contributed by atoms with Crippen LogP contribution in [0, 0.1) is 0 Å². The second kappa shape index (κ2) is 4.99. The van der Waals surface area contributed by atoms with E-state index < -0.39 is 12.0 Å². The molecule has 1 atom stereocenters. The van der Waals surface area contributed by atoms with Crippen LogP contribution in [-0.2, 0) is 9.59 Å². The SMILES string of the molecule is COc1ccc(NC(C=O)C(=O)O)cc1. The number of methoxy groups -OCH3 is 1. The van der Waals surface area contributed by atoms with E-state index in [1.54, 1.807) is 24.3 Å². The Morgan fingerprint density at radius 2 is 2.07 bits per heavy atom. The fourth-order valence-corrected chi connectivity index (χ4v) is 1.02. The first-order valence-corrected chi connectivity index (χ1v) is 4.26. The average Bonchev–Trinajstić information content (AvgIpc) is 2.26. The lowest BCUT2D eigenvalue weighted by molar-refractivity contribution is -0.139. The summed E-state index contributed by atoms with van der Waals surface area (Å²) in [7, 11) is 1.54. The number of aliphatic carboxylic acids is 1. The highest BCUT2D eigenvalue weighted by molar-refractivity contribution is 5.94. The van der Waals surface area contributed by atoms with Crippen molar-refractivity contribution >= 4 is 17.9 Å². The van der Waals surface area contributed by atoms with Crippen molar-refractivity contribution < 1.29 is 19.4 Å². The van der Waals surface area contributed by atoms with Crippen LogP contribution in [0.25, 0.3) is 0 Å². The third-order valence-corrected chi connectivity index (χ3v) is 1.81. The first-order valence-electron chi connectivity index (χ1n) is 4.26. The number of carboxylic acids is 1. The summed E-state index contributed by atoms with van der Waals surface area (Å²) in [6.45, 7) is 0. The summed E-state index contributed by atoms with van der Waals surface area (Å²) in [5.74, 6) is -0.542. The van der Waals surface area contributed by atoms with Gasteiger partial charge in [0.05, 0.1) is 7.11 Å². The maximum atomic E-state index is 10.5. The topological polar surface area (TPSA) is 75.6 Å². The van der Waals surface area contributed by atoms with E-state index in [1.165, 1.54) is 7.11 Å². The van der Waals surface area contributed by atoms with E-state index in [1.807, 2.05) is 0 Å². The summed E-state index contributed by atoms with van der Waals surface area (Å²) < 4.78 is 4.93. The monoisotopic (exact) mass is 209 g/mol. The molecule has 0 aliphatic carbocycles. The molecule has 0 bridgehead atoms. The first-order chi connectivity index (χ1) is 7.17. The second-order valence-corrected chi connectivity index (χ2v) is 2.82. The van der Waals surface area contributed by atoms with Crippen molar-refractivity contribution in [3.8, 4) is 5.75 Å². The lowest BCUT2D eigenvalue weighted by Gasteiger charge is -2.09. The second-order valence-electron chi connectivity index (χ2n) is 2.82. The molecule has 1 aromatic rings. The van der Waals surface area contributed by atoms with E-state index in [9.17, 15) is 9.59 Å². The highest BCUT2D eigenvalue weighted by Gasteiger charge is 2.15. The van der Waals surface area contributed by atoms with Gasteiger partial charge in [0, 0.05) is 5.69 Å². The molecule has 0 spiro atoms. The van der Waals surface area contributed by atoms with Crippen LogP contribution in [0.5, 0.6) is 5.75 Å². The molecule has 5 nitrogen and oxygen atoms in total. The molecule has 0 amide bonds. The van der Waals surface area contributed by atoms with Gasteiger partial charge in [0.15, 0.2) is 12.3 Å². The molecule has 2 N–H and O–H groups in total. The Labute approximate surface area is 86.7 Å². The number of carbonyl (C=O) groups excluding carboxylic acids is 1. The van der Waals surface area contributed by atoms with Gasteiger partial charge in [-0.1, -0.05) is 0 Å². The van der Waals surface area contributed by atoms with E-state index in [-0.39, 0.29) is 0 Å². The minimum absolute atomic E-state index is 0.340. The molecule has 5 heteroatoms. The zero-order valence-corrected chi connectivity index (χ0v) is 8.14. The van der Waals surface area contributed by atoms with Crippen LogP contribution < -0.4 is 10.1 Å². The van der Waals surface area contributed by atoms with Gasteiger partial charge >= 0.3 is 5.97 Å². The number of nitrogens with one attached hydrogen (secondary N) is 1. The summed E-state index contributed by atoms with van der Waals surface area (Å²) in [6.07, 6.45) is 0.340. The molecule has 0 aliphatic heterocycles. The maximum Gasteiger partial charge on any atom is 0.333 e. The van der Waals surface area contributed by atoms with Crippen molar-refractivity contribution in [2.45, 2.75) is 6.04 Å². The van der Waals surface area contributed by atoms with Gasteiger partial charge in [-0.2, -0.15) is 0 Å². The van der Waals surface area contributed by atoms with Crippen LogP contribution in [0.2, 0.25) is 0 Å². The third-order valence-electron chi connectivity index (χ3n) is 1.81. The van der Waals surface area contributed by atoms with E-state index in [0.717, 1.165) is 0 Å². The number of carbonyl (C=O) groups is 2. The molecule has 15 heavy (non-hydrogen) atoms. The van der Waals surface area contributed by atoms with Crippen LogP contribution in [0.3, 0.4) is 0 Å². The van der Waals surface area contributed by atoms with Crippen LogP contribution in [0.1, 0.15) is 0 Å².